The van der Waals surface area contributed by atoms with E-state index >= 15 is 0 Å². The number of aromatic nitrogens is 4. The normalized spacial score (nSPS) is 15.5. The molecule has 1 aliphatic heterocycles. The molecule has 9 heteroatoms. The van der Waals surface area contributed by atoms with Gasteiger partial charge in [-0.25, -0.2) is 0 Å². The van der Waals surface area contributed by atoms with Crippen molar-refractivity contribution in [2.45, 2.75) is 19.0 Å². The zero-order chi connectivity index (χ0) is 15.9. The molecule has 0 saturated carbocycles. The molecule has 0 atom stereocenters. The first kappa shape index (κ1) is 14.5. The third kappa shape index (κ3) is 2.42. The van der Waals surface area contributed by atoms with Crippen molar-refractivity contribution in [2.24, 2.45) is 7.05 Å². The highest BCUT2D eigenvalue weighted by molar-refractivity contribution is 5.76. The van der Waals surface area contributed by atoms with Crippen molar-refractivity contribution in [1.82, 2.24) is 19.6 Å². The molecular formula is C13H14F3N5O. The highest BCUT2D eigenvalue weighted by Gasteiger charge is 2.40. The lowest BCUT2D eigenvalue weighted by atomic mass is 10.0. The summed E-state index contributed by atoms with van der Waals surface area (Å²) in [5, 5.41) is 7.68. The van der Waals surface area contributed by atoms with Crippen molar-refractivity contribution in [3.63, 3.8) is 0 Å². The minimum absolute atomic E-state index is 0.0947. The Balaban J connectivity index is 2.18. The number of halogens is 3. The fraction of sp³-hybridized carbons (Fsp3) is 0.385. The van der Waals surface area contributed by atoms with E-state index in [0.717, 1.165) is 4.68 Å². The van der Waals surface area contributed by atoms with Crippen LogP contribution in [0.25, 0.3) is 11.4 Å². The zero-order valence-electron chi connectivity index (χ0n) is 11.8. The quantitative estimate of drug-likeness (QED) is 0.924. The smallest absolute Gasteiger partial charge is 0.435 e. The van der Waals surface area contributed by atoms with E-state index in [1.807, 2.05) is 0 Å². The topological polar surface area (TPSA) is 70.9 Å². The lowest BCUT2D eigenvalue weighted by Crippen LogP contribution is -2.11. The van der Waals surface area contributed by atoms with E-state index in [1.165, 1.54) is 10.9 Å². The molecule has 2 N–H and O–H groups in total. The van der Waals surface area contributed by atoms with Gasteiger partial charge in [0.15, 0.2) is 11.5 Å². The second kappa shape index (κ2) is 5.08. The van der Waals surface area contributed by atoms with E-state index < -0.39 is 11.9 Å². The number of alkyl halides is 3. The van der Waals surface area contributed by atoms with E-state index in [-0.39, 0.29) is 17.2 Å². The van der Waals surface area contributed by atoms with Crippen molar-refractivity contribution >= 4 is 11.4 Å². The first-order valence-electron chi connectivity index (χ1n) is 6.64. The maximum Gasteiger partial charge on any atom is 0.435 e. The molecule has 0 aromatic carbocycles. The largest absolute Gasteiger partial charge is 0.501 e. The lowest BCUT2D eigenvalue weighted by Gasteiger charge is -2.15. The monoisotopic (exact) mass is 313 g/mol. The molecular weight excluding hydrogens is 299 g/mol. The number of nitrogens with two attached hydrogens (primary N) is 1. The molecule has 0 unspecified atom stereocenters. The van der Waals surface area contributed by atoms with E-state index in [9.17, 15) is 13.2 Å². The van der Waals surface area contributed by atoms with Crippen LogP contribution in [-0.4, -0.2) is 26.2 Å². The molecule has 0 fully saturated rings. The zero-order valence-corrected chi connectivity index (χ0v) is 11.8. The Hall–Kier alpha value is -2.45. The summed E-state index contributed by atoms with van der Waals surface area (Å²) in [4.78, 5) is 0. The Morgan fingerprint density at radius 1 is 1.32 bits per heavy atom. The molecule has 3 heterocycles. The second-order valence-electron chi connectivity index (χ2n) is 4.98. The maximum atomic E-state index is 13.3. The average Bonchev–Trinajstić information content (AvgIpc) is 3.03. The van der Waals surface area contributed by atoms with Gasteiger partial charge in [-0.1, -0.05) is 0 Å². The Kier molecular flexibility index (Phi) is 3.34. The summed E-state index contributed by atoms with van der Waals surface area (Å²) in [7, 11) is 1.66. The molecule has 1 aliphatic rings. The second-order valence-corrected chi connectivity index (χ2v) is 4.98. The molecule has 118 valence electrons. The van der Waals surface area contributed by atoms with Gasteiger partial charge in [0.05, 0.1) is 18.4 Å². The predicted octanol–water partition coefficient (Wildman–Crippen LogP) is 2.36. The van der Waals surface area contributed by atoms with Crippen molar-refractivity contribution in [3.05, 3.63) is 29.8 Å². The number of anilines is 1. The minimum atomic E-state index is -4.61. The Morgan fingerprint density at radius 3 is 2.64 bits per heavy atom. The van der Waals surface area contributed by atoms with Gasteiger partial charge in [0.2, 0.25) is 0 Å². The van der Waals surface area contributed by atoms with Crippen molar-refractivity contribution in [2.75, 3.05) is 12.3 Å². The third-order valence-corrected chi connectivity index (χ3v) is 3.36. The number of hydrogen-bond acceptors (Lipinski definition) is 4. The summed E-state index contributed by atoms with van der Waals surface area (Å²) in [5.41, 5.74) is 5.18. The highest BCUT2D eigenvalue weighted by Crippen LogP contribution is 2.40. The number of nitrogens with zero attached hydrogens (tertiary/aromatic N) is 4. The molecule has 2 aromatic heterocycles. The third-order valence-electron chi connectivity index (χ3n) is 3.36. The van der Waals surface area contributed by atoms with Crippen LogP contribution in [0.5, 0.6) is 0 Å². The molecule has 22 heavy (non-hydrogen) atoms. The summed E-state index contributed by atoms with van der Waals surface area (Å²) < 4.78 is 47.5. The molecule has 0 spiro atoms. The Bertz CT molecular complexity index is 729. The standard InChI is InChI=1S/C13H14F3N5O/c1-20-5-4-9(18-20)21-12(17)10(8-3-2-6-22-7-8)11(19-21)13(14,15)16/h4-5,7H,2-3,6,17H2,1H3. The molecule has 6 nitrogen and oxygen atoms in total. The fourth-order valence-corrected chi connectivity index (χ4v) is 2.38. The van der Waals surface area contributed by atoms with Crippen molar-refractivity contribution < 1.29 is 17.9 Å². The number of ether oxygens (including phenoxy) is 1. The van der Waals surface area contributed by atoms with Crippen LogP contribution in [0.2, 0.25) is 0 Å². The van der Waals surface area contributed by atoms with Gasteiger partial charge >= 0.3 is 6.18 Å². The van der Waals surface area contributed by atoms with E-state index in [2.05, 4.69) is 10.2 Å². The van der Waals surface area contributed by atoms with Gasteiger partial charge in [-0.2, -0.15) is 28.1 Å². The number of rotatable bonds is 2. The van der Waals surface area contributed by atoms with E-state index in [1.54, 1.807) is 19.3 Å². The van der Waals surface area contributed by atoms with Crippen LogP contribution in [0, 0.1) is 0 Å². The first-order valence-corrected chi connectivity index (χ1v) is 6.64. The van der Waals surface area contributed by atoms with E-state index in [4.69, 9.17) is 10.5 Å². The molecule has 3 rings (SSSR count). The van der Waals surface area contributed by atoms with Gasteiger partial charge in [-0.3, -0.25) is 4.68 Å². The molecule has 0 aliphatic carbocycles. The highest BCUT2D eigenvalue weighted by atomic mass is 19.4. The maximum absolute atomic E-state index is 13.3. The number of aryl methyl sites for hydroxylation is 1. The van der Waals surface area contributed by atoms with Gasteiger partial charge < -0.3 is 10.5 Å². The molecule has 0 amide bonds. The summed E-state index contributed by atoms with van der Waals surface area (Å²) >= 11 is 0. The van der Waals surface area contributed by atoms with Crippen LogP contribution < -0.4 is 5.73 Å². The fourth-order valence-electron chi connectivity index (χ4n) is 2.38. The SMILES string of the molecule is Cn1ccc(-n2nc(C(F)(F)F)c(C3=COCCC3)c2N)n1. The average molecular weight is 313 g/mol. The van der Waals surface area contributed by atoms with Crippen LogP contribution >= 0.6 is 0 Å². The lowest BCUT2D eigenvalue weighted by molar-refractivity contribution is -0.141. The Morgan fingerprint density at radius 2 is 2.09 bits per heavy atom. The summed E-state index contributed by atoms with van der Waals surface area (Å²) in [6.45, 7) is 0.485. The van der Waals surface area contributed by atoms with Gasteiger partial charge in [0, 0.05) is 19.3 Å². The molecule has 0 radical (unpaired) electrons. The van der Waals surface area contributed by atoms with E-state index in [0.29, 0.717) is 25.0 Å². The molecule has 0 bridgehead atoms. The van der Waals surface area contributed by atoms with Gasteiger partial charge in [-0.15, -0.1) is 0 Å². The number of hydrogen-bond donors (Lipinski definition) is 1. The van der Waals surface area contributed by atoms with Crippen molar-refractivity contribution in [3.8, 4) is 5.82 Å². The Labute approximate surface area is 124 Å². The van der Waals surface area contributed by atoms with Crippen LogP contribution in [-0.2, 0) is 18.0 Å². The number of nitrogen functional groups attached to an aromatic ring is 1. The summed E-state index contributed by atoms with van der Waals surface area (Å²) in [6, 6.07) is 1.54. The van der Waals surface area contributed by atoms with Crippen LogP contribution in [0.3, 0.4) is 0 Å². The van der Waals surface area contributed by atoms with Crippen molar-refractivity contribution in [1.29, 1.82) is 0 Å². The van der Waals surface area contributed by atoms with Crippen LogP contribution in [0.1, 0.15) is 24.1 Å². The number of allylic oxidation sites excluding steroid dienone is 1. The van der Waals surface area contributed by atoms with Gasteiger partial charge in [0.1, 0.15) is 5.82 Å². The summed E-state index contributed by atoms with van der Waals surface area (Å²) in [5.74, 6) is 0.136. The minimum Gasteiger partial charge on any atom is -0.501 e. The predicted molar refractivity (Wildman–Crippen MR) is 72.9 cm³/mol. The van der Waals surface area contributed by atoms with Gasteiger partial charge in [0.25, 0.3) is 0 Å². The molecule has 0 saturated heterocycles. The summed E-state index contributed by atoms with van der Waals surface area (Å²) in [6.07, 6.45) is -0.582. The molecule has 2 aromatic rings. The van der Waals surface area contributed by atoms with Crippen LogP contribution in [0.4, 0.5) is 19.0 Å². The van der Waals surface area contributed by atoms with Gasteiger partial charge in [-0.05, 0) is 18.4 Å². The van der Waals surface area contributed by atoms with Crippen LogP contribution in [0.15, 0.2) is 18.5 Å². The first-order chi connectivity index (χ1) is 10.4.